The summed E-state index contributed by atoms with van der Waals surface area (Å²) in [6, 6.07) is 9.95. The van der Waals surface area contributed by atoms with Crippen molar-refractivity contribution in [3.8, 4) is 0 Å². The van der Waals surface area contributed by atoms with E-state index in [1.807, 2.05) is 25.1 Å². The van der Waals surface area contributed by atoms with Gasteiger partial charge in [-0.1, -0.05) is 0 Å². The standard InChI is InChI=1S/C23H27FN4O3/c1-26(2)21(29)9-10-22(30)28(15-19-6-5-11-31-19)14-17-12-16-7-8-18(24)13-20(16)25-23(17)27(3)4/h5-8,11-13H,9-10,14-15H2,1-4H3. The number of pyridine rings is 1. The Bertz CT molecular complexity index is 1060. The third-order valence-electron chi connectivity index (χ3n) is 4.95. The second-order valence-corrected chi connectivity index (χ2v) is 7.82. The smallest absolute Gasteiger partial charge is 0.223 e. The van der Waals surface area contributed by atoms with Crippen LogP contribution < -0.4 is 4.90 Å². The predicted molar refractivity (Wildman–Crippen MR) is 117 cm³/mol. The molecule has 3 aromatic rings. The van der Waals surface area contributed by atoms with Crippen molar-refractivity contribution in [3.63, 3.8) is 0 Å². The van der Waals surface area contributed by atoms with Crippen molar-refractivity contribution in [2.45, 2.75) is 25.9 Å². The van der Waals surface area contributed by atoms with E-state index in [-0.39, 0.29) is 43.6 Å². The predicted octanol–water partition coefficient (Wildman–Crippen LogP) is 3.43. The van der Waals surface area contributed by atoms with Gasteiger partial charge in [-0.3, -0.25) is 9.59 Å². The van der Waals surface area contributed by atoms with Crippen LogP contribution in [-0.2, 0) is 22.7 Å². The zero-order valence-corrected chi connectivity index (χ0v) is 18.3. The largest absolute Gasteiger partial charge is 0.467 e. The molecule has 0 saturated heterocycles. The minimum atomic E-state index is -0.349. The van der Waals surface area contributed by atoms with Gasteiger partial charge in [0.1, 0.15) is 17.4 Å². The van der Waals surface area contributed by atoms with Crippen molar-refractivity contribution in [3.05, 3.63) is 59.8 Å². The molecule has 7 nitrogen and oxygen atoms in total. The number of carbonyl (C=O) groups is 2. The van der Waals surface area contributed by atoms with Crippen molar-refractivity contribution in [2.24, 2.45) is 0 Å². The number of aromatic nitrogens is 1. The Labute approximate surface area is 181 Å². The van der Waals surface area contributed by atoms with Crippen LogP contribution in [0.4, 0.5) is 10.2 Å². The van der Waals surface area contributed by atoms with E-state index in [4.69, 9.17) is 4.42 Å². The Morgan fingerprint density at radius 3 is 2.39 bits per heavy atom. The molecule has 31 heavy (non-hydrogen) atoms. The van der Waals surface area contributed by atoms with Gasteiger partial charge >= 0.3 is 0 Å². The van der Waals surface area contributed by atoms with E-state index < -0.39 is 0 Å². The molecule has 8 heteroatoms. The first-order valence-corrected chi connectivity index (χ1v) is 10.0. The SMILES string of the molecule is CN(C)C(=O)CCC(=O)N(Cc1ccco1)Cc1cc2ccc(F)cc2nc1N(C)C. The Morgan fingerprint density at radius 1 is 1.00 bits per heavy atom. The summed E-state index contributed by atoms with van der Waals surface area (Å²) in [5, 5.41) is 0.787. The Kier molecular flexibility index (Phi) is 6.89. The minimum absolute atomic E-state index is 0.0985. The van der Waals surface area contributed by atoms with E-state index in [1.54, 1.807) is 43.5 Å². The maximum absolute atomic E-state index is 13.7. The fourth-order valence-corrected chi connectivity index (χ4v) is 3.30. The fourth-order valence-electron chi connectivity index (χ4n) is 3.30. The molecule has 0 aliphatic carbocycles. The summed E-state index contributed by atoms with van der Waals surface area (Å²) in [5.41, 5.74) is 1.37. The summed E-state index contributed by atoms with van der Waals surface area (Å²) < 4.78 is 19.1. The normalized spacial score (nSPS) is 10.9. The van der Waals surface area contributed by atoms with Crippen molar-refractivity contribution in [1.29, 1.82) is 0 Å². The lowest BCUT2D eigenvalue weighted by atomic mass is 10.1. The second-order valence-electron chi connectivity index (χ2n) is 7.82. The fraction of sp³-hybridized carbons (Fsp3) is 0.348. The Morgan fingerprint density at radius 2 is 1.74 bits per heavy atom. The molecule has 0 spiro atoms. The van der Waals surface area contributed by atoms with Gasteiger partial charge < -0.3 is 19.1 Å². The number of anilines is 1. The average Bonchev–Trinajstić information content (AvgIpc) is 3.23. The number of hydrogen-bond donors (Lipinski definition) is 0. The third kappa shape index (κ3) is 5.59. The van der Waals surface area contributed by atoms with Gasteiger partial charge in [0.05, 0.1) is 18.3 Å². The molecule has 0 unspecified atom stereocenters. The quantitative estimate of drug-likeness (QED) is 0.552. The highest BCUT2D eigenvalue weighted by Gasteiger charge is 2.20. The molecule has 0 bridgehead atoms. The number of fused-ring (bicyclic) bond motifs is 1. The van der Waals surface area contributed by atoms with Crippen LogP contribution in [0.1, 0.15) is 24.2 Å². The first kappa shape index (κ1) is 22.3. The van der Waals surface area contributed by atoms with Crippen LogP contribution in [0.3, 0.4) is 0 Å². The van der Waals surface area contributed by atoms with Gasteiger partial charge in [-0.25, -0.2) is 9.37 Å². The summed E-state index contributed by atoms with van der Waals surface area (Å²) >= 11 is 0. The van der Waals surface area contributed by atoms with Crippen LogP contribution in [0.25, 0.3) is 10.9 Å². The highest BCUT2D eigenvalue weighted by molar-refractivity contribution is 5.84. The molecule has 0 atom stereocenters. The Balaban J connectivity index is 1.91. The zero-order valence-electron chi connectivity index (χ0n) is 18.3. The number of halogens is 1. The lowest BCUT2D eigenvalue weighted by Gasteiger charge is -2.25. The summed E-state index contributed by atoms with van der Waals surface area (Å²) in [4.78, 5) is 34.5. The van der Waals surface area contributed by atoms with Crippen molar-refractivity contribution < 1.29 is 18.4 Å². The number of carbonyl (C=O) groups excluding carboxylic acids is 2. The lowest BCUT2D eigenvalue weighted by molar-refractivity contribution is -0.136. The molecule has 2 heterocycles. The molecule has 3 rings (SSSR count). The molecule has 2 amide bonds. The molecule has 0 radical (unpaired) electrons. The maximum atomic E-state index is 13.7. The van der Waals surface area contributed by atoms with Crippen LogP contribution in [0.15, 0.2) is 47.1 Å². The molecular formula is C23H27FN4O3. The van der Waals surface area contributed by atoms with E-state index >= 15 is 0 Å². The van der Waals surface area contributed by atoms with E-state index in [0.717, 1.165) is 10.9 Å². The number of furan rings is 1. The third-order valence-corrected chi connectivity index (χ3v) is 4.95. The summed E-state index contributed by atoms with van der Waals surface area (Å²) in [7, 11) is 7.04. The molecule has 0 saturated carbocycles. The number of nitrogens with zero attached hydrogens (tertiary/aromatic N) is 4. The Hall–Kier alpha value is -3.42. The van der Waals surface area contributed by atoms with Crippen LogP contribution in [-0.4, -0.2) is 54.8 Å². The van der Waals surface area contributed by atoms with Gasteiger partial charge in [0.25, 0.3) is 0 Å². The molecule has 0 N–H and O–H groups in total. The number of rotatable bonds is 8. The van der Waals surface area contributed by atoms with Gasteiger partial charge in [0.15, 0.2) is 0 Å². The second kappa shape index (κ2) is 9.59. The topological polar surface area (TPSA) is 69.9 Å². The van der Waals surface area contributed by atoms with Crippen molar-refractivity contribution >= 4 is 28.5 Å². The number of amides is 2. The molecule has 0 aliphatic rings. The average molecular weight is 426 g/mol. The van der Waals surface area contributed by atoms with Crippen LogP contribution >= 0.6 is 0 Å². The molecule has 164 valence electrons. The van der Waals surface area contributed by atoms with Gasteiger partial charge in [-0.2, -0.15) is 0 Å². The van der Waals surface area contributed by atoms with E-state index in [2.05, 4.69) is 4.98 Å². The highest BCUT2D eigenvalue weighted by Crippen LogP contribution is 2.25. The first-order chi connectivity index (χ1) is 14.7. The summed E-state index contributed by atoms with van der Waals surface area (Å²) in [5.74, 6) is 0.692. The first-order valence-electron chi connectivity index (χ1n) is 10.0. The van der Waals surface area contributed by atoms with E-state index in [0.29, 0.717) is 17.1 Å². The van der Waals surface area contributed by atoms with E-state index in [9.17, 15) is 14.0 Å². The molecule has 1 aromatic carbocycles. The minimum Gasteiger partial charge on any atom is -0.467 e. The molecular weight excluding hydrogens is 399 g/mol. The molecule has 0 aliphatic heterocycles. The maximum Gasteiger partial charge on any atom is 0.223 e. The zero-order chi connectivity index (χ0) is 22.5. The van der Waals surface area contributed by atoms with Gasteiger partial charge in [0, 0.05) is 64.6 Å². The van der Waals surface area contributed by atoms with Crippen molar-refractivity contribution in [1.82, 2.24) is 14.8 Å². The van der Waals surface area contributed by atoms with Crippen molar-refractivity contribution in [2.75, 3.05) is 33.1 Å². The number of benzene rings is 1. The summed E-state index contributed by atoms with van der Waals surface area (Å²) in [6.07, 6.45) is 1.79. The van der Waals surface area contributed by atoms with E-state index in [1.165, 1.54) is 17.0 Å². The number of hydrogen-bond acceptors (Lipinski definition) is 5. The van der Waals surface area contributed by atoms with Gasteiger partial charge in [-0.05, 0) is 30.3 Å². The van der Waals surface area contributed by atoms with Gasteiger partial charge in [0.2, 0.25) is 11.8 Å². The highest BCUT2D eigenvalue weighted by atomic mass is 19.1. The van der Waals surface area contributed by atoms with Crippen LogP contribution in [0, 0.1) is 5.82 Å². The van der Waals surface area contributed by atoms with Gasteiger partial charge in [-0.15, -0.1) is 0 Å². The lowest BCUT2D eigenvalue weighted by Crippen LogP contribution is -2.32. The van der Waals surface area contributed by atoms with Crippen LogP contribution in [0.5, 0.6) is 0 Å². The molecule has 2 aromatic heterocycles. The summed E-state index contributed by atoms with van der Waals surface area (Å²) in [6.45, 7) is 0.555. The van der Waals surface area contributed by atoms with Crippen LogP contribution in [0.2, 0.25) is 0 Å². The molecule has 0 fully saturated rings. The monoisotopic (exact) mass is 426 g/mol.